The second-order valence-electron chi connectivity index (χ2n) is 5.79. The zero-order chi connectivity index (χ0) is 17.0. The van der Waals surface area contributed by atoms with E-state index in [1.54, 1.807) is 4.90 Å². The fourth-order valence-electron chi connectivity index (χ4n) is 2.57. The van der Waals surface area contributed by atoms with Gasteiger partial charge >= 0.3 is 0 Å². The number of halogens is 2. The first kappa shape index (κ1) is 21.0. The van der Waals surface area contributed by atoms with E-state index in [-0.39, 0.29) is 30.5 Å². The second-order valence-corrected chi connectivity index (χ2v) is 8.46. The van der Waals surface area contributed by atoms with Crippen molar-refractivity contribution in [1.29, 1.82) is 0 Å². The third-order valence-electron chi connectivity index (χ3n) is 3.90. The van der Waals surface area contributed by atoms with Crippen molar-refractivity contribution in [3.05, 3.63) is 29.3 Å². The molecule has 1 aromatic carbocycles. The zero-order valence-electron chi connectivity index (χ0n) is 13.5. The number of carbonyl (C=O) groups is 1. The minimum atomic E-state index is -3.11. The molecule has 0 saturated carbocycles. The molecule has 0 aliphatic carbocycles. The Bertz CT molecular complexity index is 662. The van der Waals surface area contributed by atoms with E-state index in [9.17, 15) is 13.2 Å². The van der Waals surface area contributed by atoms with Gasteiger partial charge in [-0.3, -0.25) is 4.79 Å². The summed E-state index contributed by atoms with van der Waals surface area (Å²) in [6.07, 6.45) is 1.30. The van der Waals surface area contributed by atoms with Crippen LogP contribution in [0.5, 0.6) is 0 Å². The SMILES string of the molecule is CS(=O)(=O)CCC(N)C(=O)N1CCN(c2ccccc2Cl)CC1.Cl. The Hall–Kier alpha value is -1.02. The van der Waals surface area contributed by atoms with E-state index in [0.29, 0.717) is 31.2 Å². The number of para-hydroxylation sites is 1. The molecule has 1 unspecified atom stereocenters. The summed E-state index contributed by atoms with van der Waals surface area (Å²) in [5.74, 6) is -0.257. The quantitative estimate of drug-likeness (QED) is 0.808. The number of nitrogens with zero attached hydrogens (tertiary/aromatic N) is 2. The predicted octanol–water partition coefficient (Wildman–Crippen LogP) is 1.17. The molecule has 0 bridgehead atoms. The summed E-state index contributed by atoms with van der Waals surface area (Å²) in [7, 11) is -3.11. The van der Waals surface area contributed by atoms with E-state index in [4.69, 9.17) is 17.3 Å². The highest BCUT2D eigenvalue weighted by Gasteiger charge is 2.26. The molecule has 0 radical (unpaired) electrons. The Morgan fingerprint density at radius 3 is 2.38 bits per heavy atom. The number of benzene rings is 1. The topological polar surface area (TPSA) is 83.7 Å². The first-order valence-corrected chi connectivity index (χ1v) is 9.93. The Labute approximate surface area is 154 Å². The molecule has 1 aromatic rings. The van der Waals surface area contributed by atoms with Gasteiger partial charge in [0.15, 0.2) is 0 Å². The third kappa shape index (κ3) is 5.81. The highest BCUT2D eigenvalue weighted by molar-refractivity contribution is 7.90. The predicted molar refractivity (Wildman–Crippen MR) is 99.8 cm³/mol. The molecule has 0 spiro atoms. The van der Waals surface area contributed by atoms with Crippen molar-refractivity contribution in [2.24, 2.45) is 5.73 Å². The van der Waals surface area contributed by atoms with Gasteiger partial charge in [-0.25, -0.2) is 8.42 Å². The van der Waals surface area contributed by atoms with Gasteiger partial charge in [-0.2, -0.15) is 0 Å². The van der Waals surface area contributed by atoms with Crippen molar-refractivity contribution >= 4 is 45.4 Å². The van der Waals surface area contributed by atoms with Crippen LogP contribution >= 0.6 is 24.0 Å². The maximum atomic E-state index is 12.3. The van der Waals surface area contributed by atoms with Crippen molar-refractivity contribution in [1.82, 2.24) is 4.90 Å². The number of amides is 1. The number of hydrogen-bond donors (Lipinski definition) is 1. The normalized spacial score (nSPS) is 16.5. The van der Waals surface area contributed by atoms with Gasteiger partial charge in [0.05, 0.1) is 22.5 Å². The fourth-order valence-corrected chi connectivity index (χ4v) is 3.51. The molecule has 1 fully saturated rings. The number of rotatable bonds is 5. The standard InChI is InChI=1S/C15H22ClN3O3S.ClH/c1-23(21,22)11-6-13(17)15(20)19-9-7-18(8-10-19)14-5-3-2-4-12(14)16;/h2-5,13H,6-11,17H2,1H3;1H. The Morgan fingerprint density at radius 1 is 1.25 bits per heavy atom. The highest BCUT2D eigenvalue weighted by atomic mass is 35.5. The van der Waals surface area contributed by atoms with E-state index in [2.05, 4.69) is 4.90 Å². The largest absolute Gasteiger partial charge is 0.367 e. The van der Waals surface area contributed by atoms with E-state index in [0.717, 1.165) is 11.9 Å². The van der Waals surface area contributed by atoms with Crippen molar-refractivity contribution in [3.8, 4) is 0 Å². The van der Waals surface area contributed by atoms with Crippen LogP contribution in [0, 0.1) is 0 Å². The lowest BCUT2D eigenvalue weighted by molar-refractivity contribution is -0.132. The Balaban J connectivity index is 0.00000288. The molecule has 6 nitrogen and oxygen atoms in total. The molecule has 1 saturated heterocycles. The van der Waals surface area contributed by atoms with E-state index >= 15 is 0 Å². The molecule has 0 aromatic heterocycles. The summed E-state index contributed by atoms with van der Waals surface area (Å²) in [5, 5.41) is 0.692. The number of anilines is 1. The lowest BCUT2D eigenvalue weighted by Crippen LogP contribution is -2.53. The van der Waals surface area contributed by atoms with Crippen molar-refractivity contribution in [3.63, 3.8) is 0 Å². The molecule has 1 atom stereocenters. The molecule has 9 heteroatoms. The van der Waals surface area contributed by atoms with Gasteiger partial charge < -0.3 is 15.5 Å². The van der Waals surface area contributed by atoms with Crippen LogP contribution in [0.4, 0.5) is 5.69 Å². The van der Waals surface area contributed by atoms with E-state index in [1.165, 1.54) is 0 Å². The van der Waals surface area contributed by atoms with Crippen LogP contribution in [-0.4, -0.2) is 63.5 Å². The average molecular weight is 396 g/mol. The number of hydrogen-bond acceptors (Lipinski definition) is 5. The summed E-state index contributed by atoms with van der Waals surface area (Å²) in [6.45, 7) is 2.45. The average Bonchev–Trinajstić information content (AvgIpc) is 2.52. The number of carbonyl (C=O) groups excluding carboxylic acids is 1. The van der Waals surface area contributed by atoms with Gasteiger partial charge in [-0.15, -0.1) is 12.4 Å². The fraction of sp³-hybridized carbons (Fsp3) is 0.533. The highest BCUT2D eigenvalue weighted by Crippen LogP contribution is 2.26. The zero-order valence-corrected chi connectivity index (χ0v) is 15.9. The van der Waals surface area contributed by atoms with Crippen LogP contribution < -0.4 is 10.6 Å². The summed E-state index contributed by atoms with van der Waals surface area (Å²) >= 11 is 6.19. The third-order valence-corrected chi connectivity index (χ3v) is 5.20. The smallest absolute Gasteiger partial charge is 0.239 e. The summed E-state index contributed by atoms with van der Waals surface area (Å²) < 4.78 is 22.3. The molecule has 1 aliphatic heterocycles. The molecule has 2 rings (SSSR count). The van der Waals surface area contributed by atoms with Crippen molar-refractivity contribution < 1.29 is 13.2 Å². The molecule has 1 aliphatic rings. The van der Waals surface area contributed by atoms with E-state index in [1.807, 2.05) is 24.3 Å². The van der Waals surface area contributed by atoms with Gasteiger partial charge in [0.1, 0.15) is 9.84 Å². The minimum Gasteiger partial charge on any atom is -0.367 e. The summed E-state index contributed by atoms with van der Waals surface area (Å²) in [4.78, 5) is 16.1. The van der Waals surface area contributed by atoms with Gasteiger partial charge in [0, 0.05) is 32.4 Å². The molecule has 136 valence electrons. The lowest BCUT2D eigenvalue weighted by Gasteiger charge is -2.37. The van der Waals surface area contributed by atoms with Crippen LogP contribution in [0.25, 0.3) is 0 Å². The van der Waals surface area contributed by atoms with Crippen LogP contribution in [0.2, 0.25) is 5.02 Å². The first-order valence-electron chi connectivity index (χ1n) is 7.49. The van der Waals surface area contributed by atoms with Crippen LogP contribution in [0.15, 0.2) is 24.3 Å². The molecular weight excluding hydrogens is 373 g/mol. The maximum Gasteiger partial charge on any atom is 0.239 e. The summed E-state index contributed by atoms with van der Waals surface area (Å²) in [5.41, 5.74) is 6.80. The van der Waals surface area contributed by atoms with Crippen LogP contribution in [-0.2, 0) is 14.6 Å². The van der Waals surface area contributed by atoms with Crippen molar-refractivity contribution in [2.75, 3.05) is 43.1 Å². The molecule has 2 N–H and O–H groups in total. The number of nitrogens with two attached hydrogens (primary N) is 1. The van der Waals surface area contributed by atoms with Gasteiger partial charge in [0.2, 0.25) is 5.91 Å². The monoisotopic (exact) mass is 395 g/mol. The van der Waals surface area contributed by atoms with Gasteiger partial charge in [-0.1, -0.05) is 23.7 Å². The maximum absolute atomic E-state index is 12.3. The van der Waals surface area contributed by atoms with Crippen LogP contribution in [0.3, 0.4) is 0 Å². The van der Waals surface area contributed by atoms with Crippen molar-refractivity contribution in [2.45, 2.75) is 12.5 Å². The van der Waals surface area contributed by atoms with Gasteiger partial charge in [0.25, 0.3) is 0 Å². The molecule has 1 amide bonds. The number of piperazine rings is 1. The van der Waals surface area contributed by atoms with Gasteiger partial charge in [-0.05, 0) is 18.6 Å². The second kappa shape index (κ2) is 8.89. The Kier molecular flexibility index (Phi) is 7.79. The lowest BCUT2D eigenvalue weighted by atomic mass is 10.2. The Morgan fingerprint density at radius 2 is 1.83 bits per heavy atom. The van der Waals surface area contributed by atoms with E-state index < -0.39 is 15.9 Å². The van der Waals surface area contributed by atoms with Crippen LogP contribution in [0.1, 0.15) is 6.42 Å². The molecular formula is C15H23Cl2N3O3S. The summed E-state index contributed by atoms with van der Waals surface area (Å²) in [6, 6.07) is 6.84. The molecule has 24 heavy (non-hydrogen) atoms. The first-order chi connectivity index (χ1) is 10.8. The number of sulfone groups is 1. The minimum absolute atomic E-state index is 0. The molecule has 1 heterocycles.